The molecule has 1 unspecified atom stereocenters. The van der Waals surface area contributed by atoms with Gasteiger partial charge in [-0.15, -0.1) is 0 Å². The highest BCUT2D eigenvalue weighted by atomic mass is 14.9. The minimum absolute atomic E-state index is 0.187. The van der Waals surface area contributed by atoms with Crippen molar-refractivity contribution in [2.45, 2.75) is 46.2 Å². The molecule has 0 bridgehead atoms. The monoisotopic (exact) mass is 220 g/mol. The van der Waals surface area contributed by atoms with E-state index >= 15 is 0 Å². The smallest absolute Gasteiger partial charge is 0.0497 e. The van der Waals surface area contributed by atoms with Crippen LogP contribution in [0.5, 0.6) is 0 Å². The van der Waals surface area contributed by atoms with Crippen molar-refractivity contribution in [3.63, 3.8) is 0 Å². The molecule has 0 saturated carbocycles. The number of hydrogen-bond donors (Lipinski definition) is 2. The molecule has 0 aliphatic carbocycles. The molecule has 0 heterocycles. The third-order valence-electron chi connectivity index (χ3n) is 3.23. The highest BCUT2D eigenvalue weighted by molar-refractivity contribution is 5.39. The summed E-state index contributed by atoms with van der Waals surface area (Å²) < 4.78 is 0. The average molecular weight is 220 g/mol. The molecule has 1 atom stereocenters. The molecule has 3 N–H and O–H groups in total. The van der Waals surface area contributed by atoms with Crippen LogP contribution in [0.25, 0.3) is 0 Å². The summed E-state index contributed by atoms with van der Waals surface area (Å²) in [5.74, 6) is 0. The van der Waals surface area contributed by atoms with E-state index in [1.165, 1.54) is 22.3 Å². The molecule has 1 aromatic carbocycles. The Morgan fingerprint density at radius 2 is 1.56 bits per heavy atom. The zero-order valence-corrected chi connectivity index (χ0v) is 11.3. The van der Waals surface area contributed by atoms with Crippen molar-refractivity contribution in [3.8, 4) is 0 Å². The molecular formula is C14H24N2. The molecule has 2 nitrogen and oxygen atoms in total. The largest absolute Gasteiger partial charge is 0.324 e. The second-order valence-electron chi connectivity index (χ2n) is 5.34. The van der Waals surface area contributed by atoms with Gasteiger partial charge in [-0.05, 0) is 63.9 Å². The van der Waals surface area contributed by atoms with Gasteiger partial charge in [0.1, 0.15) is 0 Å². The van der Waals surface area contributed by atoms with Crippen molar-refractivity contribution in [1.82, 2.24) is 5.32 Å². The molecule has 1 aromatic rings. The van der Waals surface area contributed by atoms with Crippen LogP contribution < -0.4 is 11.1 Å². The lowest BCUT2D eigenvalue weighted by Crippen LogP contribution is -2.45. The van der Waals surface area contributed by atoms with Gasteiger partial charge in [-0.25, -0.2) is 0 Å². The Labute approximate surface area is 99.2 Å². The normalized spacial score (nSPS) is 13.9. The Hall–Kier alpha value is -0.860. The topological polar surface area (TPSA) is 38.0 Å². The highest BCUT2D eigenvalue weighted by Gasteiger charge is 2.26. The van der Waals surface area contributed by atoms with E-state index in [1.807, 2.05) is 7.05 Å². The molecule has 0 amide bonds. The molecule has 90 valence electrons. The number of hydrogen-bond acceptors (Lipinski definition) is 2. The Balaban J connectivity index is 3.26. The number of likely N-dealkylation sites (N-methyl/N-ethyl adjacent to an activating group) is 1. The van der Waals surface area contributed by atoms with Gasteiger partial charge in [-0.3, -0.25) is 0 Å². The first-order valence-corrected chi connectivity index (χ1v) is 5.81. The van der Waals surface area contributed by atoms with Gasteiger partial charge in [0.15, 0.2) is 0 Å². The fourth-order valence-corrected chi connectivity index (χ4v) is 2.22. The maximum absolute atomic E-state index is 6.22. The molecule has 0 spiro atoms. The maximum atomic E-state index is 6.22. The Bertz CT molecular complexity index is 375. The molecule has 0 aromatic heterocycles. The van der Waals surface area contributed by atoms with Crippen LogP contribution in [0.1, 0.15) is 42.1 Å². The van der Waals surface area contributed by atoms with Crippen LogP contribution in [-0.4, -0.2) is 12.6 Å². The Kier molecular flexibility index (Phi) is 3.76. The zero-order valence-electron chi connectivity index (χ0n) is 11.3. The molecule has 0 saturated heterocycles. The van der Waals surface area contributed by atoms with E-state index in [4.69, 9.17) is 5.73 Å². The minimum atomic E-state index is -0.263. The lowest BCUT2D eigenvalue weighted by molar-refractivity contribution is 0.368. The van der Waals surface area contributed by atoms with Crippen LogP contribution in [0.3, 0.4) is 0 Å². The predicted molar refractivity (Wildman–Crippen MR) is 70.7 cm³/mol. The first kappa shape index (κ1) is 13.2. The van der Waals surface area contributed by atoms with Crippen molar-refractivity contribution >= 4 is 0 Å². The second kappa shape index (κ2) is 4.56. The standard InChI is InChI=1S/C14H24N2/c1-9-7-11(3)12(8-10(9)2)13(16-6)14(4,5)15/h7-8,13,16H,15H2,1-6H3. The van der Waals surface area contributed by atoms with Gasteiger partial charge in [0.05, 0.1) is 0 Å². The lowest BCUT2D eigenvalue weighted by atomic mass is 9.85. The van der Waals surface area contributed by atoms with Crippen LogP contribution in [0.15, 0.2) is 12.1 Å². The molecular weight excluding hydrogens is 196 g/mol. The number of aryl methyl sites for hydroxylation is 3. The Morgan fingerprint density at radius 1 is 1.06 bits per heavy atom. The average Bonchev–Trinajstić information content (AvgIpc) is 2.12. The molecule has 0 fully saturated rings. The fraction of sp³-hybridized carbons (Fsp3) is 0.571. The van der Waals surface area contributed by atoms with E-state index in [0.29, 0.717) is 0 Å². The van der Waals surface area contributed by atoms with Crippen molar-refractivity contribution in [2.24, 2.45) is 5.73 Å². The molecule has 2 heteroatoms. The van der Waals surface area contributed by atoms with Crippen molar-refractivity contribution in [3.05, 3.63) is 34.4 Å². The van der Waals surface area contributed by atoms with Gasteiger partial charge in [0.25, 0.3) is 0 Å². The third-order valence-corrected chi connectivity index (χ3v) is 3.23. The molecule has 1 rings (SSSR count). The quantitative estimate of drug-likeness (QED) is 0.821. The summed E-state index contributed by atoms with van der Waals surface area (Å²) in [6.45, 7) is 10.6. The summed E-state index contributed by atoms with van der Waals surface area (Å²) in [6.07, 6.45) is 0. The lowest BCUT2D eigenvalue weighted by Gasteiger charge is -2.32. The first-order chi connectivity index (χ1) is 7.27. The maximum Gasteiger partial charge on any atom is 0.0497 e. The highest BCUT2D eigenvalue weighted by Crippen LogP contribution is 2.28. The van der Waals surface area contributed by atoms with E-state index in [9.17, 15) is 0 Å². The number of rotatable bonds is 3. The van der Waals surface area contributed by atoms with E-state index in [-0.39, 0.29) is 11.6 Å². The van der Waals surface area contributed by atoms with Gasteiger partial charge in [-0.2, -0.15) is 0 Å². The SMILES string of the molecule is CNC(c1cc(C)c(C)cc1C)C(C)(C)N. The summed E-state index contributed by atoms with van der Waals surface area (Å²) in [6, 6.07) is 4.67. The molecule has 0 aliphatic heterocycles. The van der Waals surface area contributed by atoms with Crippen molar-refractivity contribution < 1.29 is 0 Å². The van der Waals surface area contributed by atoms with Crippen LogP contribution in [-0.2, 0) is 0 Å². The summed E-state index contributed by atoms with van der Waals surface area (Å²) in [5, 5.41) is 3.32. The summed E-state index contributed by atoms with van der Waals surface area (Å²) >= 11 is 0. The summed E-state index contributed by atoms with van der Waals surface area (Å²) in [5.41, 5.74) is 11.2. The number of benzene rings is 1. The third kappa shape index (κ3) is 2.63. The van der Waals surface area contributed by atoms with Crippen LogP contribution in [0, 0.1) is 20.8 Å². The second-order valence-corrected chi connectivity index (χ2v) is 5.34. The van der Waals surface area contributed by atoms with Gasteiger partial charge >= 0.3 is 0 Å². The van der Waals surface area contributed by atoms with E-state index in [0.717, 1.165) is 0 Å². The number of nitrogens with one attached hydrogen (secondary N) is 1. The van der Waals surface area contributed by atoms with E-state index in [1.54, 1.807) is 0 Å². The molecule has 16 heavy (non-hydrogen) atoms. The molecule has 0 radical (unpaired) electrons. The summed E-state index contributed by atoms with van der Waals surface area (Å²) in [7, 11) is 1.97. The van der Waals surface area contributed by atoms with Gasteiger partial charge in [0.2, 0.25) is 0 Å². The van der Waals surface area contributed by atoms with Gasteiger partial charge < -0.3 is 11.1 Å². The first-order valence-electron chi connectivity index (χ1n) is 5.81. The van der Waals surface area contributed by atoms with E-state index in [2.05, 4.69) is 52.1 Å². The van der Waals surface area contributed by atoms with Crippen LogP contribution in [0.4, 0.5) is 0 Å². The van der Waals surface area contributed by atoms with Crippen LogP contribution >= 0.6 is 0 Å². The van der Waals surface area contributed by atoms with Gasteiger partial charge in [0, 0.05) is 11.6 Å². The fourth-order valence-electron chi connectivity index (χ4n) is 2.22. The van der Waals surface area contributed by atoms with E-state index < -0.39 is 0 Å². The van der Waals surface area contributed by atoms with Gasteiger partial charge in [-0.1, -0.05) is 12.1 Å². The molecule has 0 aliphatic rings. The number of nitrogens with two attached hydrogens (primary N) is 1. The zero-order chi connectivity index (χ0) is 12.5. The van der Waals surface area contributed by atoms with Crippen LogP contribution in [0.2, 0.25) is 0 Å². The minimum Gasteiger partial charge on any atom is -0.324 e. The Morgan fingerprint density at radius 3 is 2.00 bits per heavy atom. The summed E-state index contributed by atoms with van der Waals surface area (Å²) in [4.78, 5) is 0. The van der Waals surface area contributed by atoms with Crippen molar-refractivity contribution in [2.75, 3.05) is 7.05 Å². The predicted octanol–water partition coefficient (Wildman–Crippen LogP) is 2.61. The van der Waals surface area contributed by atoms with Crippen molar-refractivity contribution in [1.29, 1.82) is 0 Å².